The van der Waals surface area contributed by atoms with Gasteiger partial charge in [-0.15, -0.1) is 0 Å². The van der Waals surface area contributed by atoms with E-state index < -0.39 is 18.4 Å². The van der Waals surface area contributed by atoms with Crippen molar-refractivity contribution in [3.63, 3.8) is 0 Å². The van der Waals surface area contributed by atoms with Crippen molar-refractivity contribution in [1.29, 1.82) is 0 Å². The van der Waals surface area contributed by atoms with Gasteiger partial charge in [-0.05, 0) is 57.0 Å². The molecular weight excluding hydrogens is 478 g/mol. The quantitative estimate of drug-likeness (QED) is 0.142. The van der Waals surface area contributed by atoms with Gasteiger partial charge >= 0.3 is 18.4 Å². The summed E-state index contributed by atoms with van der Waals surface area (Å²) in [6.45, 7) is 7.01. The second-order valence-electron chi connectivity index (χ2n) is 7.59. The first-order valence-electron chi connectivity index (χ1n) is 11.8. The van der Waals surface area contributed by atoms with Crippen LogP contribution in [0.3, 0.4) is 0 Å². The molecule has 0 amide bonds. The van der Waals surface area contributed by atoms with Crippen molar-refractivity contribution >= 4 is 41.5 Å². The zero-order valence-corrected chi connectivity index (χ0v) is 21.2. The molecule has 0 saturated heterocycles. The first-order valence-corrected chi connectivity index (χ1v) is 11.8. The summed E-state index contributed by atoms with van der Waals surface area (Å²) in [5.74, 6) is -0.0154. The maximum atomic E-state index is 12.9. The molecule has 0 spiro atoms. The number of carbonyl (C=O) groups is 3. The highest BCUT2D eigenvalue weighted by Gasteiger charge is 2.26. The van der Waals surface area contributed by atoms with Gasteiger partial charge in [-0.3, -0.25) is 0 Å². The second-order valence-corrected chi connectivity index (χ2v) is 7.59. The Kier molecular flexibility index (Phi) is 9.48. The predicted molar refractivity (Wildman–Crippen MR) is 138 cm³/mol. The van der Waals surface area contributed by atoms with Gasteiger partial charge in [0.25, 0.3) is 0 Å². The van der Waals surface area contributed by atoms with Crippen LogP contribution in [0.5, 0.6) is 5.88 Å². The Bertz CT molecular complexity index is 1320. The average molecular weight is 508 g/mol. The first kappa shape index (κ1) is 27.1. The van der Waals surface area contributed by atoms with Crippen LogP contribution in [-0.2, 0) is 18.9 Å². The zero-order chi connectivity index (χ0) is 26.8. The summed E-state index contributed by atoms with van der Waals surface area (Å²) in [6, 6.07) is 16.4. The minimum Gasteiger partial charge on any atom is -0.449 e. The molecule has 37 heavy (non-hydrogen) atoms. The van der Waals surface area contributed by atoms with Crippen LogP contribution in [0.25, 0.3) is 23.1 Å². The number of fused-ring (bicyclic) bond motifs is 1. The Hall–Kier alpha value is -4.53. The molecule has 0 atom stereocenters. The number of nitrogens with zero attached hydrogens (tertiary/aromatic N) is 1. The fourth-order valence-electron chi connectivity index (χ4n) is 3.54. The van der Waals surface area contributed by atoms with E-state index in [1.54, 1.807) is 52.0 Å². The standard InChI is InChI=1S/C28H29NO8/c1-5-33-26(30)29-23-16-12-11-15-21(23)22(25(29)37-28(32)35-7-3)18-24(36-27(31)34-6-2)19(4)17-20-13-9-8-10-14-20/h8-18H,5-7H2,1-4H3/b19-17+,24-18-. The smallest absolute Gasteiger partial charge is 0.449 e. The summed E-state index contributed by atoms with van der Waals surface area (Å²) in [6.07, 6.45) is 0.674. The summed E-state index contributed by atoms with van der Waals surface area (Å²) in [5.41, 5.74) is 2.17. The van der Waals surface area contributed by atoms with E-state index in [4.69, 9.17) is 23.7 Å². The molecule has 0 fully saturated rings. The molecule has 0 bridgehead atoms. The molecule has 1 aromatic heterocycles. The van der Waals surface area contributed by atoms with Gasteiger partial charge in [0, 0.05) is 10.9 Å². The van der Waals surface area contributed by atoms with Crippen LogP contribution in [0.15, 0.2) is 65.9 Å². The number of carbonyl (C=O) groups excluding carboxylic acids is 3. The van der Waals surface area contributed by atoms with E-state index in [2.05, 4.69) is 0 Å². The zero-order valence-electron chi connectivity index (χ0n) is 21.2. The van der Waals surface area contributed by atoms with Crippen LogP contribution in [0.1, 0.15) is 38.8 Å². The molecule has 9 heteroatoms. The normalized spacial score (nSPS) is 11.7. The van der Waals surface area contributed by atoms with Crippen molar-refractivity contribution in [1.82, 2.24) is 4.57 Å². The molecule has 3 aromatic rings. The lowest BCUT2D eigenvalue weighted by Gasteiger charge is -2.12. The highest BCUT2D eigenvalue weighted by atomic mass is 16.7. The highest BCUT2D eigenvalue weighted by molar-refractivity contribution is 6.00. The van der Waals surface area contributed by atoms with Crippen molar-refractivity contribution in [2.45, 2.75) is 27.7 Å². The summed E-state index contributed by atoms with van der Waals surface area (Å²) >= 11 is 0. The van der Waals surface area contributed by atoms with Crippen LogP contribution in [0.2, 0.25) is 0 Å². The van der Waals surface area contributed by atoms with Crippen LogP contribution >= 0.6 is 0 Å². The molecule has 0 radical (unpaired) electrons. The summed E-state index contributed by atoms with van der Waals surface area (Å²) < 4.78 is 27.3. The van der Waals surface area contributed by atoms with E-state index in [0.717, 1.165) is 10.1 Å². The molecule has 0 aliphatic heterocycles. The monoisotopic (exact) mass is 507 g/mol. The molecule has 0 unspecified atom stereocenters. The molecule has 0 N–H and O–H groups in total. The minimum atomic E-state index is -1.00. The third kappa shape index (κ3) is 6.78. The van der Waals surface area contributed by atoms with Gasteiger partial charge in [0.05, 0.1) is 25.3 Å². The topological polar surface area (TPSA) is 102 Å². The lowest BCUT2D eigenvalue weighted by atomic mass is 10.1. The molecule has 9 nitrogen and oxygen atoms in total. The van der Waals surface area contributed by atoms with E-state index in [1.807, 2.05) is 36.4 Å². The van der Waals surface area contributed by atoms with Gasteiger partial charge in [-0.1, -0.05) is 48.5 Å². The Balaban J connectivity index is 2.27. The number of para-hydroxylation sites is 1. The molecule has 194 valence electrons. The summed E-state index contributed by atoms with van der Waals surface area (Å²) in [7, 11) is 0. The van der Waals surface area contributed by atoms with Crippen LogP contribution < -0.4 is 4.74 Å². The largest absolute Gasteiger partial charge is 0.515 e. The Labute approximate surface area is 214 Å². The molecule has 0 saturated carbocycles. The van der Waals surface area contributed by atoms with Gasteiger partial charge in [0.15, 0.2) is 0 Å². The molecule has 0 aliphatic carbocycles. The van der Waals surface area contributed by atoms with Crippen molar-refractivity contribution in [2.75, 3.05) is 19.8 Å². The van der Waals surface area contributed by atoms with Crippen LogP contribution in [0.4, 0.5) is 14.4 Å². The molecule has 0 aliphatic rings. The van der Waals surface area contributed by atoms with Crippen molar-refractivity contribution < 1.29 is 38.1 Å². The van der Waals surface area contributed by atoms with Gasteiger partial charge < -0.3 is 23.7 Å². The van der Waals surface area contributed by atoms with Gasteiger partial charge in [-0.2, -0.15) is 0 Å². The lowest BCUT2D eigenvalue weighted by molar-refractivity contribution is 0.0836. The number of benzene rings is 2. The third-order valence-electron chi connectivity index (χ3n) is 5.06. The Morgan fingerprint density at radius 2 is 1.41 bits per heavy atom. The highest BCUT2D eigenvalue weighted by Crippen LogP contribution is 2.36. The van der Waals surface area contributed by atoms with E-state index >= 15 is 0 Å². The molecule has 1 heterocycles. The SMILES string of the molecule is CCOC(=O)OC(=C\c1c(OC(=O)OCC)n(C(=O)OCC)c2ccccc12)/C(C)=C/c1ccccc1. The summed E-state index contributed by atoms with van der Waals surface area (Å²) in [4.78, 5) is 37.6. The summed E-state index contributed by atoms with van der Waals surface area (Å²) in [5, 5.41) is 0.548. The minimum absolute atomic E-state index is 0.0692. The Morgan fingerprint density at radius 1 is 0.784 bits per heavy atom. The molecular formula is C28H29NO8. The molecule has 3 rings (SSSR count). The number of hydrogen-bond donors (Lipinski definition) is 0. The van der Waals surface area contributed by atoms with Crippen molar-refractivity contribution in [3.8, 4) is 5.88 Å². The number of aromatic nitrogens is 1. The number of ether oxygens (including phenoxy) is 5. The predicted octanol–water partition coefficient (Wildman–Crippen LogP) is 6.80. The lowest BCUT2D eigenvalue weighted by Crippen LogP contribution is -2.19. The van der Waals surface area contributed by atoms with E-state index in [0.29, 0.717) is 22.0 Å². The number of allylic oxidation sites excluding steroid dienone is 1. The molecule has 2 aromatic carbocycles. The van der Waals surface area contributed by atoms with Gasteiger partial charge in [0.1, 0.15) is 5.76 Å². The maximum Gasteiger partial charge on any atom is 0.515 e. The third-order valence-corrected chi connectivity index (χ3v) is 5.06. The van der Waals surface area contributed by atoms with E-state index in [-0.39, 0.29) is 31.5 Å². The number of rotatable bonds is 8. The fraction of sp³-hybridized carbons (Fsp3) is 0.250. The number of hydrogen-bond acceptors (Lipinski definition) is 8. The van der Waals surface area contributed by atoms with E-state index in [1.165, 1.54) is 6.08 Å². The fourth-order valence-corrected chi connectivity index (χ4v) is 3.54. The first-order chi connectivity index (χ1) is 17.9. The average Bonchev–Trinajstić information content (AvgIpc) is 3.17. The van der Waals surface area contributed by atoms with Crippen LogP contribution in [0, 0.1) is 0 Å². The van der Waals surface area contributed by atoms with Gasteiger partial charge in [-0.25, -0.2) is 19.0 Å². The van der Waals surface area contributed by atoms with Crippen molar-refractivity contribution in [3.05, 3.63) is 77.1 Å². The van der Waals surface area contributed by atoms with E-state index in [9.17, 15) is 14.4 Å². The Morgan fingerprint density at radius 3 is 2.08 bits per heavy atom. The second kappa shape index (κ2) is 13.0. The van der Waals surface area contributed by atoms with Gasteiger partial charge in [0.2, 0.25) is 5.88 Å². The van der Waals surface area contributed by atoms with Crippen molar-refractivity contribution in [2.24, 2.45) is 0 Å². The van der Waals surface area contributed by atoms with Crippen LogP contribution in [-0.4, -0.2) is 42.8 Å². The maximum absolute atomic E-state index is 12.9.